The van der Waals surface area contributed by atoms with E-state index in [-0.39, 0.29) is 11.5 Å². The monoisotopic (exact) mass is 284 g/mol. The first kappa shape index (κ1) is 12.8. The van der Waals surface area contributed by atoms with Crippen molar-refractivity contribution in [3.63, 3.8) is 0 Å². The molecule has 0 aliphatic rings. The standard InChI is InChI=1S/C12H12N8O/c1-8-10(7-14-20-12(13)15-17-18-20)16-19(11(8)21)9-5-3-2-4-6-9/h2-7,16H,1H3,(H2,13,15,18). The van der Waals surface area contributed by atoms with Crippen LogP contribution >= 0.6 is 0 Å². The largest absolute Gasteiger partial charge is 0.365 e. The van der Waals surface area contributed by atoms with Crippen LogP contribution in [-0.2, 0) is 0 Å². The smallest absolute Gasteiger partial charge is 0.274 e. The van der Waals surface area contributed by atoms with Gasteiger partial charge in [-0.05, 0) is 29.5 Å². The van der Waals surface area contributed by atoms with E-state index in [0.717, 1.165) is 10.5 Å². The number of hydrogen-bond acceptors (Lipinski definition) is 6. The second-order valence-corrected chi connectivity index (χ2v) is 4.30. The number of benzene rings is 1. The number of nitrogen functional groups attached to an aromatic ring is 1. The third-order valence-electron chi connectivity index (χ3n) is 2.95. The SMILES string of the molecule is Cc1c(C=Nn2nnnc2N)[nH]n(-c2ccccc2)c1=O. The molecule has 2 heterocycles. The molecule has 0 atom stereocenters. The van der Waals surface area contributed by atoms with Crippen molar-refractivity contribution < 1.29 is 0 Å². The summed E-state index contributed by atoms with van der Waals surface area (Å²) in [5.74, 6) is 0.0637. The van der Waals surface area contributed by atoms with E-state index in [1.807, 2.05) is 30.3 Å². The molecule has 0 unspecified atom stereocenters. The quantitative estimate of drug-likeness (QED) is 0.652. The molecule has 2 aromatic heterocycles. The summed E-state index contributed by atoms with van der Waals surface area (Å²) in [6.45, 7) is 1.71. The van der Waals surface area contributed by atoms with Gasteiger partial charge in [-0.1, -0.05) is 28.1 Å². The van der Waals surface area contributed by atoms with Crippen LogP contribution in [0.5, 0.6) is 0 Å². The van der Waals surface area contributed by atoms with E-state index in [1.165, 1.54) is 10.9 Å². The summed E-state index contributed by atoms with van der Waals surface area (Å²) >= 11 is 0. The normalized spacial score (nSPS) is 11.3. The fourth-order valence-corrected chi connectivity index (χ4v) is 1.81. The Morgan fingerprint density at radius 2 is 2.10 bits per heavy atom. The van der Waals surface area contributed by atoms with Crippen molar-refractivity contribution in [2.24, 2.45) is 5.10 Å². The van der Waals surface area contributed by atoms with Crippen LogP contribution in [0.1, 0.15) is 11.3 Å². The van der Waals surface area contributed by atoms with Gasteiger partial charge in [0.2, 0.25) is 0 Å². The first-order valence-electron chi connectivity index (χ1n) is 6.12. The fourth-order valence-electron chi connectivity index (χ4n) is 1.81. The second-order valence-electron chi connectivity index (χ2n) is 4.30. The average molecular weight is 284 g/mol. The van der Waals surface area contributed by atoms with Crippen molar-refractivity contribution in [2.75, 3.05) is 5.73 Å². The van der Waals surface area contributed by atoms with Crippen molar-refractivity contribution in [3.8, 4) is 5.69 Å². The van der Waals surface area contributed by atoms with Crippen LogP contribution in [0.3, 0.4) is 0 Å². The van der Waals surface area contributed by atoms with Gasteiger partial charge in [0.15, 0.2) is 0 Å². The van der Waals surface area contributed by atoms with Crippen LogP contribution < -0.4 is 11.3 Å². The van der Waals surface area contributed by atoms with Crippen LogP contribution in [0.25, 0.3) is 5.69 Å². The number of aromatic nitrogens is 6. The Morgan fingerprint density at radius 3 is 2.76 bits per heavy atom. The van der Waals surface area contributed by atoms with Gasteiger partial charge in [-0.25, -0.2) is 4.68 Å². The Morgan fingerprint density at radius 1 is 1.33 bits per heavy atom. The van der Waals surface area contributed by atoms with Gasteiger partial charge < -0.3 is 5.73 Å². The number of hydrogen-bond donors (Lipinski definition) is 2. The van der Waals surface area contributed by atoms with Crippen molar-refractivity contribution in [2.45, 2.75) is 6.92 Å². The van der Waals surface area contributed by atoms with Crippen LogP contribution in [0.4, 0.5) is 5.95 Å². The zero-order chi connectivity index (χ0) is 14.8. The highest BCUT2D eigenvalue weighted by atomic mass is 16.1. The van der Waals surface area contributed by atoms with E-state index in [4.69, 9.17) is 5.73 Å². The number of tetrazole rings is 1. The first-order chi connectivity index (χ1) is 10.2. The molecule has 0 bridgehead atoms. The summed E-state index contributed by atoms with van der Waals surface area (Å²) < 4.78 is 1.44. The highest BCUT2D eigenvalue weighted by Crippen LogP contribution is 2.05. The molecule has 0 aliphatic heterocycles. The Balaban J connectivity index is 2.00. The van der Waals surface area contributed by atoms with Crippen LogP contribution in [0.2, 0.25) is 0 Å². The number of anilines is 1. The summed E-state index contributed by atoms with van der Waals surface area (Å²) in [4.78, 5) is 13.3. The van der Waals surface area contributed by atoms with E-state index in [2.05, 4.69) is 25.7 Å². The molecule has 0 radical (unpaired) electrons. The van der Waals surface area contributed by atoms with Crippen LogP contribution in [-0.4, -0.2) is 36.3 Å². The lowest BCUT2D eigenvalue weighted by atomic mass is 10.3. The maximum Gasteiger partial charge on any atom is 0.274 e. The van der Waals surface area contributed by atoms with Crippen molar-refractivity contribution in [1.29, 1.82) is 0 Å². The Kier molecular flexibility index (Phi) is 3.07. The molecule has 0 aliphatic carbocycles. The van der Waals surface area contributed by atoms with Crippen molar-refractivity contribution >= 4 is 12.2 Å². The zero-order valence-corrected chi connectivity index (χ0v) is 11.1. The summed E-state index contributed by atoms with van der Waals surface area (Å²) in [6, 6.07) is 9.25. The number of nitrogens with zero attached hydrogens (tertiary/aromatic N) is 6. The van der Waals surface area contributed by atoms with Gasteiger partial charge in [-0.3, -0.25) is 9.89 Å². The molecule has 0 fully saturated rings. The van der Waals surface area contributed by atoms with Gasteiger partial charge in [-0.2, -0.15) is 5.10 Å². The number of H-pyrrole nitrogens is 1. The second kappa shape index (κ2) is 5.04. The maximum absolute atomic E-state index is 12.2. The molecule has 9 nitrogen and oxygen atoms in total. The molecule has 0 saturated heterocycles. The molecule has 3 N–H and O–H groups in total. The Hall–Kier alpha value is -3.23. The molecular formula is C12H12N8O. The number of aromatic amines is 1. The van der Waals surface area contributed by atoms with E-state index in [9.17, 15) is 4.79 Å². The molecular weight excluding hydrogens is 272 g/mol. The topological polar surface area (TPSA) is 120 Å². The molecule has 9 heteroatoms. The van der Waals surface area contributed by atoms with Gasteiger partial charge in [0.1, 0.15) is 0 Å². The van der Waals surface area contributed by atoms with Crippen molar-refractivity contribution in [3.05, 3.63) is 51.9 Å². The Bertz CT molecular complexity index is 842. The minimum atomic E-state index is -0.146. The van der Waals surface area contributed by atoms with Crippen LogP contribution in [0, 0.1) is 6.92 Å². The van der Waals surface area contributed by atoms with E-state index in [0.29, 0.717) is 11.3 Å². The fraction of sp³-hybridized carbons (Fsp3) is 0.0833. The van der Waals surface area contributed by atoms with Gasteiger partial charge >= 0.3 is 0 Å². The predicted octanol–water partition coefficient (Wildman–Crippen LogP) is -0.0751. The summed E-state index contributed by atoms with van der Waals surface area (Å²) in [6.07, 6.45) is 1.45. The van der Waals surface area contributed by atoms with E-state index >= 15 is 0 Å². The number of nitrogens with one attached hydrogen (secondary N) is 1. The van der Waals surface area contributed by atoms with Gasteiger partial charge in [0.05, 0.1) is 17.6 Å². The van der Waals surface area contributed by atoms with Gasteiger partial charge in [0, 0.05) is 5.56 Å². The average Bonchev–Trinajstić information content (AvgIpc) is 3.03. The highest BCUT2D eigenvalue weighted by Gasteiger charge is 2.10. The number of para-hydroxylation sites is 1. The number of rotatable bonds is 3. The molecule has 1 aromatic carbocycles. The Labute approximate surface area is 118 Å². The number of nitrogens with two attached hydrogens (primary N) is 1. The lowest BCUT2D eigenvalue weighted by Crippen LogP contribution is -2.15. The van der Waals surface area contributed by atoms with E-state index < -0.39 is 0 Å². The van der Waals surface area contributed by atoms with Gasteiger partial charge in [-0.15, -0.1) is 0 Å². The van der Waals surface area contributed by atoms with Crippen molar-refractivity contribution in [1.82, 2.24) is 30.1 Å². The van der Waals surface area contributed by atoms with Crippen LogP contribution in [0.15, 0.2) is 40.2 Å². The molecule has 3 aromatic rings. The lowest BCUT2D eigenvalue weighted by molar-refractivity contribution is 0.699. The summed E-state index contributed by atoms with van der Waals surface area (Å²) in [5, 5.41) is 17.4. The first-order valence-corrected chi connectivity index (χ1v) is 6.12. The molecule has 0 spiro atoms. The maximum atomic E-state index is 12.2. The zero-order valence-electron chi connectivity index (χ0n) is 11.1. The third kappa shape index (κ3) is 2.31. The van der Waals surface area contributed by atoms with Gasteiger partial charge in [0.25, 0.3) is 11.5 Å². The molecule has 0 amide bonds. The molecule has 3 rings (SSSR count). The summed E-state index contributed by atoms with van der Waals surface area (Å²) in [7, 11) is 0. The molecule has 21 heavy (non-hydrogen) atoms. The summed E-state index contributed by atoms with van der Waals surface area (Å²) in [5.41, 5.74) is 7.19. The third-order valence-corrected chi connectivity index (χ3v) is 2.95. The predicted molar refractivity (Wildman–Crippen MR) is 76.3 cm³/mol. The minimum Gasteiger partial charge on any atom is -0.365 e. The van der Waals surface area contributed by atoms with E-state index in [1.54, 1.807) is 6.92 Å². The minimum absolute atomic E-state index is 0.0637. The highest BCUT2D eigenvalue weighted by molar-refractivity contribution is 5.78. The molecule has 106 valence electrons. The molecule has 0 saturated carbocycles. The lowest BCUT2D eigenvalue weighted by Gasteiger charge is -1.99.